The highest BCUT2D eigenvalue weighted by Gasteiger charge is 2.28. The van der Waals surface area contributed by atoms with Crippen molar-refractivity contribution >= 4 is 29.0 Å². The number of hydrogen-bond donors (Lipinski definition) is 1. The first-order valence-corrected chi connectivity index (χ1v) is 7.73. The Morgan fingerprint density at radius 3 is 2.82 bits per heavy atom. The van der Waals surface area contributed by atoms with E-state index in [0.29, 0.717) is 12.1 Å². The SMILES string of the molecule is Cc1ccc([N+](=O)[O-])cc1NC(=O)C1Cc2ccccc2S1. The first-order chi connectivity index (χ1) is 10.5. The Labute approximate surface area is 131 Å². The molecule has 0 saturated carbocycles. The molecule has 1 atom stereocenters. The Hall–Kier alpha value is -2.34. The van der Waals surface area contributed by atoms with Crippen LogP contribution in [0.3, 0.4) is 0 Å². The van der Waals surface area contributed by atoms with Gasteiger partial charge in [0, 0.05) is 17.0 Å². The summed E-state index contributed by atoms with van der Waals surface area (Å²) in [6.45, 7) is 1.82. The van der Waals surface area contributed by atoms with E-state index in [-0.39, 0.29) is 16.8 Å². The van der Waals surface area contributed by atoms with Gasteiger partial charge in [-0.25, -0.2) is 0 Å². The molecule has 1 N–H and O–H groups in total. The molecule has 0 aromatic heterocycles. The quantitative estimate of drug-likeness (QED) is 0.694. The summed E-state index contributed by atoms with van der Waals surface area (Å²) in [5.41, 5.74) is 2.45. The van der Waals surface area contributed by atoms with Gasteiger partial charge in [-0.15, -0.1) is 11.8 Å². The number of aryl methyl sites for hydroxylation is 1. The third-order valence-electron chi connectivity index (χ3n) is 3.63. The fourth-order valence-corrected chi connectivity index (χ4v) is 3.60. The van der Waals surface area contributed by atoms with E-state index in [2.05, 4.69) is 5.32 Å². The Morgan fingerprint density at radius 2 is 2.09 bits per heavy atom. The second-order valence-corrected chi connectivity index (χ2v) is 6.41. The molecule has 1 heterocycles. The van der Waals surface area contributed by atoms with Crippen molar-refractivity contribution in [3.8, 4) is 0 Å². The zero-order valence-corrected chi connectivity index (χ0v) is 12.7. The molecule has 0 fully saturated rings. The minimum atomic E-state index is -0.463. The van der Waals surface area contributed by atoms with Crippen LogP contribution in [0, 0.1) is 17.0 Å². The number of hydrogen-bond acceptors (Lipinski definition) is 4. The zero-order valence-electron chi connectivity index (χ0n) is 11.9. The van der Waals surface area contributed by atoms with Gasteiger partial charge >= 0.3 is 0 Å². The molecule has 6 heteroatoms. The lowest BCUT2D eigenvalue weighted by Crippen LogP contribution is -2.25. The van der Waals surface area contributed by atoms with Crippen LogP contribution in [-0.4, -0.2) is 16.1 Å². The summed E-state index contributed by atoms with van der Waals surface area (Å²) in [6, 6.07) is 12.4. The van der Waals surface area contributed by atoms with Crippen LogP contribution in [-0.2, 0) is 11.2 Å². The first-order valence-electron chi connectivity index (χ1n) is 6.85. The van der Waals surface area contributed by atoms with Crippen LogP contribution in [0.1, 0.15) is 11.1 Å². The van der Waals surface area contributed by atoms with Crippen LogP contribution in [0.25, 0.3) is 0 Å². The number of benzene rings is 2. The van der Waals surface area contributed by atoms with Gasteiger partial charge in [0.05, 0.1) is 15.9 Å². The molecular formula is C16H14N2O3S. The van der Waals surface area contributed by atoms with Crippen LogP contribution in [0.15, 0.2) is 47.4 Å². The summed E-state index contributed by atoms with van der Waals surface area (Å²) in [5.74, 6) is -0.121. The first kappa shape index (κ1) is 14.6. The third kappa shape index (κ3) is 2.82. The Balaban J connectivity index is 1.76. The monoisotopic (exact) mass is 314 g/mol. The molecule has 0 radical (unpaired) electrons. The van der Waals surface area contributed by atoms with E-state index in [4.69, 9.17) is 0 Å². The highest BCUT2D eigenvalue weighted by atomic mass is 32.2. The van der Waals surface area contributed by atoms with Gasteiger partial charge in [0.1, 0.15) is 0 Å². The number of thioether (sulfide) groups is 1. The van der Waals surface area contributed by atoms with Crippen LogP contribution >= 0.6 is 11.8 Å². The second-order valence-electron chi connectivity index (χ2n) is 5.16. The molecular weight excluding hydrogens is 300 g/mol. The summed E-state index contributed by atoms with van der Waals surface area (Å²) in [4.78, 5) is 23.9. The number of amides is 1. The zero-order chi connectivity index (χ0) is 15.7. The van der Waals surface area contributed by atoms with E-state index < -0.39 is 4.92 Å². The molecule has 112 valence electrons. The maximum atomic E-state index is 12.4. The van der Waals surface area contributed by atoms with E-state index in [1.54, 1.807) is 6.07 Å². The standard InChI is InChI=1S/C16H14N2O3S/c1-10-6-7-12(18(20)21)9-13(10)17-16(19)15-8-11-4-2-3-5-14(11)22-15/h2-7,9,15H,8H2,1H3,(H,17,19). The Kier molecular flexibility index (Phi) is 3.85. The van der Waals surface area contributed by atoms with E-state index in [9.17, 15) is 14.9 Å². The third-order valence-corrected chi connectivity index (χ3v) is 4.95. The second kappa shape index (κ2) is 5.81. The smallest absolute Gasteiger partial charge is 0.271 e. The molecule has 3 rings (SSSR count). The lowest BCUT2D eigenvalue weighted by Gasteiger charge is -2.12. The summed E-state index contributed by atoms with van der Waals surface area (Å²) in [6.07, 6.45) is 0.681. The number of anilines is 1. The highest BCUT2D eigenvalue weighted by Crippen LogP contribution is 2.37. The maximum absolute atomic E-state index is 12.4. The average Bonchev–Trinajstić information content (AvgIpc) is 2.93. The van der Waals surface area contributed by atoms with Crippen molar-refractivity contribution in [1.29, 1.82) is 0 Å². The summed E-state index contributed by atoms with van der Waals surface area (Å²) in [7, 11) is 0. The van der Waals surface area contributed by atoms with E-state index in [1.807, 2.05) is 31.2 Å². The molecule has 1 amide bonds. The number of carbonyl (C=O) groups excluding carboxylic acids is 1. The van der Waals surface area contributed by atoms with Crippen LogP contribution < -0.4 is 5.32 Å². The van der Waals surface area contributed by atoms with Gasteiger partial charge in [-0.05, 0) is 30.5 Å². The van der Waals surface area contributed by atoms with Crippen LogP contribution in [0.2, 0.25) is 0 Å². The van der Waals surface area contributed by atoms with Gasteiger partial charge in [0.15, 0.2) is 0 Å². The summed E-state index contributed by atoms with van der Waals surface area (Å²) < 4.78 is 0. The largest absolute Gasteiger partial charge is 0.325 e. The molecule has 1 aliphatic heterocycles. The van der Waals surface area contributed by atoms with Gasteiger partial charge in [-0.2, -0.15) is 0 Å². The minimum absolute atomic E-state index is 0.0248. The molecule has 0 aliphatic carbocycles. The fourth-order valence-electron chi connectivity index (χ4n) is 2.40. The molecule has 0 bridgehead atoms. The molecule has 0 spiro atoms. The van der Waals surface area contributed by atoms with Crippen molar-refractivity contribution in [3.05, 3.63) is 63.7 Å². The van der Waals surface area contributed by atoms with Crippen LogP contribution in [0.4, 0.5) is 11.4 Å². The number of nitrogens with zero attached hydrogens (tertiary/aromatic N) is 1. The molecule has 2 aromatic rings. The van der Waals surface area contributed by atoms with Gasteiger partial charge < -0.3 is 5.32 Å². The fraction of sp³-hybridized carbons (Fsp3) is 0.188. The lowest BCUT2D eigenvalue weighted by atomic mass is 10.1. The topological polar surface area (TPSA) is 72.2 Å². The van der Waals surface area contributed by atoms with Crippen molar-refractivity contribution in [2.75, 3.05) is 5.32 Å². The normalized spacial score (nSPS) is 16.1. The van der Waals surface area contributed by atoms with Crippen molar-refractivity contribution in [2.45, 2.75) is 23.5 Å². The number of nitrogens with one attached hydrogen (secondary N) is 1. The number of fused-ring (bicyclic) bond motifs is 1. The van der Waals surface area contributed by atoms with Crippen LogP contribution in [0.5, 0.6) is 0 Å². The maximum Gasteiger partial charge on any atom is 0.271 e. The van der Waals surface area contributed by atoms with Crippen molar-refractivity contribution in [1.82, 2.24) is 0 Å². The van der Waals surface area contributed by atoms with Crippen molar-refractivity contribution in [2.24, 2.45) is 0 Å². The van der Waals surface area contributed by atoms with Gasteiger partial charge in [0.2, 0.25) is 5.91 Å². The van der Waals surface area contributed by atoms with E-state index >= 15 is 0 Å². The molecule has 22 heavy (non-hydrogen) atoms. The predicted molar refractivity (Wildman–Crippen MR) is 86.3 cm³/mol. The summed E-state index contributed by atoms with van der Waals surface area (Å²) in [5, 5.41) is 13.5. The van der Waals surface area contributed by atoms with E-state index in [0.717, 1.165) is 10.5 Å². The Morgan fingerprint density at radius 1 is 1.32 bits per heavy atom. The number of nitro groups is 1. The Bertz CT molecular complexity index is 736. The number of nitro benzene ring substituents is 1. The molecule has 0 saturated heterocycles. The van der Waals surface area contributed by atoms with Gasteiger partial charge in [-0.1, -0.05) is 24.3 Å². The molecule has 1 aliphatic rings. The van der Waals surface area contributed by atoms with Crippen molar-refractivity contribution < 1.29 is 9.72 Å². The lowest BCUT2D eigenvalue weighted by molar-refractivity contribution is -0.384. The molecule has 1 unspecified atom stereocenters. The van der Waals surface area contributed by atoms with Crippen molar-refractivity contribution in [3.63, 3.8) is 0 Å². The molecule has 5 nitrogen and oxygen atoms in total. The summed E-state index contributed by atoms with van der Waals surface area (Å²) >= 11 is 1.53. The number of carbonyl (C=O) groups is 1. The van der Waals surface area contributed by atoms with Gasteiger partial charge in [0.25, 0.3) is 5.69 Å². The minimum Gasteiger partial charge on any atom is -0.325 e. The number of rotatable bonds is 3. The average molecular weight is 314 g/mol. The van der Waals surface area contributed by atoms with E-state index in [1.165, 1.54) is 29.5 Å². The molecule has 2 aromatic carbocycles. The van der Waals surface area contributed by atoms with Gasteiger partial charge in [-0.3, -0.25) is 14.9 Å². The predicted octanol–water partition coefficient (Wildman–Crippen LogP) is 3.56. The highest BCUT2D eigenvalue weighted by molar-refractivity contribution is 8.01. The number of non-ortho nitro benzene ring substituents is 1.